The van der Waals surface area contributed by atoms with Gasteiger partial charge in [0.1, 0.15) is 0 Å². The van der Waals surface area contributed by atoms with Crippen molar-refractivity contribution in [3.8, 4) is 0 Å². The van der Waals surface area contributed by atoms with Crippen LogP contribution in [0.5, 0.6) is 0 Å². The molecule has 2 rings (SSSR count). The molecule has 0 spiro atoms. The molecule has 0 aromatic heterocycles. The summed E-state index contributed by atoms with van der Waals surface area (Å²) in [5.41, 5.74) is 10.9. The summed E-state index contributed by atoms with van der Waals surface area (Å²) in [6.45, 7) is 4.18. The molecule has 0 aliphatic rings. The molecule has 0 saturated heterocycles. The summed E-state index contributed by atoms with van der Waals surface area (Å²) in [5, 5.41) is 1.11. The third-order valence-corrected chi connectivity index (χ3v) is 3.95. The van der Waals surface area contributed by atoms with Crippen LogP contribution < -0.4 is 5.73 Å². The highest BCUT2D eigenvalue weighted by molar-refractivity contribution is 6.42. The van der Waals surface area contributed by atoms with Crippen molar-refractivity contribution in [2.45, 2.75) is 26.3 Å². The molecule has 2 N–H and O–H groups in total. The van der Waals surface area contributed by atoms with Gasteiger partial charge < -0.3 is 5.73 Å². The van der Waals surface area contributed by atoms with E-state index in [0.29, 0.717) is 10.0 Å². The first-order chi connectivity index (χ1) is 8.97. The fraction of sp³-hybridized carbons (Fsp3) is 0.250. The first kappa shape index (κ1) is 14.4. The van der Waals surface area contributed by atoms with Crippen LogP contribution in [-0.4, -0.2) is 0 Å². The molecule has 0 aliphatic carbocycles. The van der Waals surface area contributed by atoms with Gasteiger partial charge in [-0.2, -0.15) is 0 Å². The number of rotatable bonds is 3. The van der Waals surface area contributed by atoms with Crippen LogP contribution in [0.2, 0.25) is 10.0 Å². The van der Waals surface area contributed by atoms with Crippen LogP contribution in [0.3, 0.4) is 0 Å². The van der Waals surface area contributed by atoms with Crippen molar-refractivity contribution in [1.29, 1.82) is 0 Å². The molecule has 0 heterocycles. The zero-order chi connectivity index (χ0) is 14.0. The lowest BCUT2D eigenvalue weighted by Gasteiger charge is -2.15. The van der Waals surface area contributed by atoms with Gasteiger partial charge in [0.2, 0.25) is 0 Å². The van der Waals surface area contributed by atoms with Gasteiger partial charge in [0.05, 0.1) is 10.0 Å². The van der Waals surface area contributed by atoms with E-state index in [-0.39, 0.29) is 6.04 Å². The number of hydrogen-bond donors (Lipinski definition) is 1. The highest BCUT2D eigenvalue weighted by Crippen LogP contribution is 2.30. The summed E-state index contributed by atoms with van der Waals surface area (Å²) >= 11 is 12.2. The summed E-state index contributed by atoms with van der Waals surface area (Å²) in [5.74, 6) is 0. The second kappa shape index (κ2) is 5.96. The van der Waals surface area contributed by atoms with Crippen LogP contribution >= 0.6 is 23.2 Å². The van der Waals surface area contributed by atoms with Gasteiger partial charge >= 0.3 is 0 Å². The first-order valence-electron chi connectivity index (χ1n) is 6.24. The minimum atomic E-state index is -0.146. The quantitative estimate of drug-likeness (QED) is 0.860. The second-order valence-electron chi connectivity index (χ2n) is 4.95. The number of hydrogen-bond acceptors (Lipinski definition) is 1. The highest BCUT2D eigenvalue weighted by atomic mass is 35.5. The molecule has 0 radical (unpaired) electrons. The number of halogens is 2. The smallest absolute Gasteiger partial charge is 0.0640 e. The predicted molar refractivity (Wildman–Crippen MR) is 83.0 cm³/mol. The number of aryl methyl sites for hydroxylation is 2. The molecule has 2 aromatic carbocycles. The Bertz CT molecular complexity index is 573. The molecule has 0 aliphatic heterocycles. The normalized spacial score (nSPS) is 12.5. The molecule has 1 nitrogen and oxygen atoms in total. The van der Waals surface area contributed by atoms with E-state index < -0.39 is 0 Å². The van der Waals surface area contributed by atoms with E-state index in [1.54, 1.807) is 6.07 Å². The molecule has 0 fully saturated rings. The van der Waals surface area contributed by atoms with Crippen molar-refractivity contribution >= 4 is 23.2 Å². The SMILES string of the molecule is Cc1cc(C)cc(CC(N)c2cccc(Cl)c2Cl)c1. The van der Waals surface area contributed by atoms with Gasteiger partial charge in [-0.25, -0.2) is 0 Å². The fourth-order valence-electron chi connectivity index (χ4n) is 2.36. The largest absolute Gasteiger partial charge is 0.324 e. The number of benzene rings is 2. The third kappa shape index (κ3) is 3.50. The van der Waals surface area contributed by atoms with E-state index in [0.717, 1.165) is 12.0 Å². The minimum absolute atomic E-state index is 0.146. The topological polar surface area (TPSA) is 26.0 Å². The van der Waals surface area contributed by atoms with Crippen LogP contribution in [0.4, 0.5) is 0 Å². The molecule has 1 unspecified atom stereocenters. The minimum Gasteiger partial charge on any atom is -0.324 e. The van der Waals surface area contributed by atoms with E-state index in [1.165, 1.54) is 16.7 Å². The Morgan fingerprint density at radius 3 is 2.32 bits per heavy atom. The molecular weight excluding hydrogens is 277 g/mol. The highest BCUT2D eigenvalue weighted by Gasteiger charge is 2.13. The van der Waals surface area contributed by atoms with Gasteiger partial charge in [-0.15, -0.1) is 0 Å². The maximum absolute atomic E-state index is 6.25. The van der Waals surface area contributed by atoms with Gasteiger partial charge in [-0.3, -0.25) is 0 Å². The Labute approximate surface area is 124 Å². The molecule has 0 saturated carbocycles. The fourth-order valence-corrected chi connectivity index (χ4v) is 2.81. The molecule has 1 atom stereocenters. The van der Waals surface area contributed by atoms with Crippen LogP contribution in [0.15, 0.2) is 36.4 Å². The maximum atomic E-state index is 6.25. The Kier molecular flexibility index (Phi) is 4.51. The number of nitrogens with two attached hydrogens (primary N) is 1. The Morgan fingerprint density at radius 2 is 1.68 bits per heavy atom. The van der Waals surface area contributed by atoms with Gasteiger partial charge in [0, 0.05) is 6.04 Å². The molecular formula is C16H17Cl2N. The van der Waals surface area contributed by atoms with Gasteiger partial charge in [0.25, 0.3) is 0 Å². The summed E-state index contributed by atoms with van der Waals surface area (Å²) in [4.78, 5) is 0. The molecule has 2 aromatic rings. The Morgan fingerprint density at radius 1 is 1.05 bits per heavy atom. The predicted octanol–water partition coefficient (Wildman–Crippen LogP) is 4.85. The van der Waals surface area contributed by atoms with Crippen molar-refractivity contribution in [1.82, 2.24) is 0 Å². The van der Waals surface area contributed by atoms with Crippen LogP contribution in [0, 0.1) is 13.8 Å². The van der Waals surface area contributed by atoms with Crippen LogP contribution in [0.1, 0.15) is 28.3 Å². The van der Waals surface area contributed by atoms with Crippen LogP contribution in [-0.2, 0) is 6.42 Å². The molecule has 0 bridgehead atoms. The summed E-state index contributed by atoms with van der Waals surface area (Å²) in [7, 11) is 0. The lowest BCUT2D eigenvalue weighted by atomic mass is 9.97. The van der Waals surface area contributed by atoms with Crippen molar-refractivity contribution < 1.29 is 0 Å². The lowest BCUT2D eigenvalue weighted by molar-refractivity contribution is 0.721. The van der Waals surface area contributed by atoms with Crippen LogP contribution in [0.25, 0.3) is 0 Å². The van der Waals surface area contributed by atoms with E-state index >= 15 is 0 Å². The monoisotopic (exact) mass is 293 g/mol. The summed E-state index contributed by atoms with van der Waals surface area (Å²) in [6.07, 6.45) is 0.753. The average molecular weight is 294 g/mol. The third-order valence-electron chi connectivity index (χ3n) is 3.12. The van der Waals surface area contributed by atoms with E-state index in [9.17, 15) is 0 Å². The first-order valence-corrected chi connectivity index (χ1v) is 6.99. The molecule has 100 valence electrons. The molecule has 3 heteroatoms. The van der Waals surface area contributed by atoms with Crippen molar-refractivity contribution in [2.24, 2.45) is 5.73 Å². The summed E-state index contributed by atoms with van der Waals surface area (Å²) in [6, 6.07) is 11.9. The zero-order valence-corrected chi connectivity index (χ0v) is 12.6. The zero-order valence-electron chi connectivity index (χ0n) is 11.1. The van der Waals surface area contributed by atoms with E-state index in [1.807, 2.05) is 12.1 Å². The lowest BCUT2D eigenvalue weighted by Crippen LogP contribution is -2.14. The Hall–Kier alpha value is -1.02. The Balaban J connectivity index is 2.25. The molecule has 19 heavy (non-hydrogen) atoms. The van der Waals surface area contributed by atoms with Crippen molar-refractivity contribution in [3.63, 3.8) is 0 Å². The van der Waals surface area contributed by atoms with Gasteiger partial charge in [-0.05, 0) is 37.5 Å². The van der Waals surface area contributed by atoms with E-state index in [4.69, 9.17) is 28.9 Å². The van der Waals surface area contributed by atoms with Crippen molar-refractivity contribution in [2.75, 3.05) is 0 Å². The second-order valence-corrected chi connectivity index (χ2v) is 5.73. The van der Waals surface area contributed by atoms with Gasteiger partial charge in [-0.1, -0.05) is 64.7 Å². The maximum Gasteiger partial charge on any atom is 0.0640 e. The van der Waals surface area contributed by atoms with Gasteiger partial charge in [0.15, 0.2) is 0 Å². The summed E-state index contributed by atoms with van der Waals surface area (Å²) < 4.78 is 0. The average Bonchev–Trinajstić information content (AvgIpc) is 2.31. The standard InChI is InChI=1S/C16H17Cl2N/c1-10-6-11(2)8-12(7-10)9-15(19)13-4-3-5-14(17)16(13)18/h3-8,15H,9,19H2,1-2H3. The van der Waals surface area contributed by atoms with E-state index in [2.05, 4.69) is 32.0 Å². The molecule has 0 amide bonds. The van der Waals surface area contributed by atoms with Crippen molar-refractivity contribution in [3.05, 3.63) is 68.7 Å².